The smallest absolute Gasteiger partial charge is 0.218 e. The van der Waals surface area contributed by atoms with Gasteiger partial charge in [0, 0.05) is 48.2 Å². The standard InChI is InChI=1S/C24H23N7O2/c1-24(2)13-33-22(29-24)17-8-16(9-25-10-17)19-12-27-23(31-14-28-30-21(19)31)26-11-15-4-3-5-20-18(15)6-7-32-20/h3-5,8-10,12,14H,6-7,11,13H2,1-2H3,(H,26,27). The van der Waals surface area contributed by atoms with E-state index < -0.39 is 0 Å². The van der Waals surface area contributed by atoms with E-state index in [1.165, 1.54) is 11.1 Å². The summed E-state index contributed by atoms with van der Waals surface area (Å²) in [5.41, 5.74) is 5.46. The minimum atomic E-state index is -0.231. The van der Waals surface area contributed by atoms with Crippen LogP contribution in [0.4, 0.5) is 5.95 Å². The van der Waals surface area contributed by atoms with Crippen molar-refractivity contribution in [2.75, 3.05) is 18.5 Å². The van der Waals surface area contributed by atoms with Crippen molar-refractivity contribution in [3.8, 4) is 16.9 Å². The highest BCUT2D eigenvalue weighted by Crippen LogP contribution is 2.30. The Morgan fingerprint density at radius 2 is 2.03 bits per heavy atom. The summed E-state index contributed by atoms with van der Waals surface area (Å²) in [6.07, 6.45) is 7.94. The Morgan fingerprint density at radius 3 is 2.91 bits per heavy atom. The number of nitrogens with zero attached hydrogens (tertiary/aromatic N) is 6. The van der Waals surface area contributed by atoms with Gasteiger partial charge in [-0.15, -0.1) is 10.2 Å². The van der Waals surface area contributed by atoms with Gasteiger partial charge in [0.1, 0.15) is 18.7 Å². The molecule has 0 unspecified atom stereocenters. The number of fused-ring (bicyclic) bond motifs is 2. The molecule has 5 heterocycles. The van der Waals surface area contributed by atoms with Crippen molar-refractivity contribution in [2.24, 2.45) is 4.99 Å². The second-order valence-electron chi connectivity index (χ2n) is 8.85. The van der Waals surface area contributed by atoms with Crippen molar-refractivity contribution in [2.45, 2.75) is 32.4 Å². The number of anilines is 1. The molecule has 0 atom stereocenters. The number of aromatic nitrogens is 5. The molecule has 0 fully saturated rings. The molecule has 0 aliphatic carbocycles. The van der Waals surface area contributed by atoms with E-state index in [4.69, 9.17) is 9.47 Å². The van der Waals surface area contributed by atoms with Crippen molar-refractivity contribution in [3.05, 3.63) is 65.9 Å². The fraction of sp³-hybridized carbons (Fsp3) is 0.292. The summed E-state index contributed by atoms with van der Waals surface area (Å²) in [4.78, 5) is 13.7. The molecule has 0 saturated heterocycles. The first kappa shape index (κ1) is 19.7. The maximum Gasteiger partial charge on any atom is 0.218 e. The zero-order chi connectivity index (χ0) is 22.4. The lowest BCUT2D eigenvalue weighted by Gasteiger charge is -2.12. The zero-order valence-corrected chi connectivity index (χ0v) is 18.4. The van der Waals surface area contributed by atoms with Crippen LogP contribution in [0.5, 0.6) is 5.75 Å². The quantitative estimate of drug-likeness (QED) is 0.507. The van der Waals surface area contributed by atoms with Gasteiger partial charge in [-0.3, -0.25) is 9.38 Å². The predicted octanol–water partition coefficient (Wildman–Crippen LogP) is 3.29. The second kappa shape index (κ2) is 7.54. The Bertz CT molecular complexity index is 1390. The second-order valence-corrected chi connectivity index (χ2v) is 8.85. The molecule has 6 rings (SSSR count). The van der Waals surface area contributed by atoms with Gasteiger partial charge in [-0.1, -0.05) is 12.1 Å². The lowest BCUT2D eigenvalue weighted by atomic mass is 10.1. The number of pyridine rings is 1. The van der Waals surface area contributed by atoms with Gasteiger partial charge in [-0.25, -0.2) is 9.98 Å². The third-order valence-electron chi connectivity index (χ3n) is 5.87. The normalized spacial score (nSPS) is 16.2. The maximum absolute atomic E-state index is 5.78. The zero-order valence-electron chi connectivity index (χ0n) is 18.4. The molecule has 2 aliphatic rings. The Labute approximate surface area is 190 Å². The number of benzene rings is 1. The Kier molecular flexibility index (Phi) is 4.49. The molecule has 4 aromatic rings. The van der Waals surface area contributed by atoms with Gasteiger partial charge in [0.2, 0.25) is 11.8 Å². The van der Waals surface area contributed by atoms with Crippen molar-refractivity contribution >= 4 is 17.5 Å². The lowest BCUT2D eigenvalue weighted by molar-refractivity contribution is 0.279. The highest BCUT2D eigenvalue weighted by molar-refractivity contribution is 5.96. The average Bonchev–Trinajstić information content (AvgIpc) is 3.57. The number of hydrogen-bond donors (Lipinski definition) is 1. The predicted molar refractivity (Wildman–Crippen MR) is 124 cm³/mol. The minimum Gasteiger partial charge on any atom is -0.493 e. The van der Waals surface area contributed by atoms with E-state index in [0.717, 1.165) is 35.5 Å². The van der Waals surface area contributed by atoms with E-state index in [9.17, 15) is 0 Å². The molecule has 166 valence electrons. The van der Waals surface area contributed by atoms with Gasteiger partial charge in [0.15, 0.2) is 5.65 Å². The summed E-state index contributed by atoms with van der Waals surface area (Å²) in [6.45, 7) is 6.01. The first-order chi connectivity index (χ1) is 16.1. The maximum atomic E-state index is 5.78. The van der Waals surface area contributed by atoms with Crippen molar-refractivity contribution in [1.29, 1.82) is 0 Å². The summed E-state index contributed by atoms with van der Waals surface area (Å²) >= 11 is 0. The molecular formula is C24H23N7O2. The number of nitrogens with one attached hydrogen (secondary N) is 1. The highest BCUT2D eigenvalue weighted by atomic mass is 16.5. The van der Waals surface area contributed by atoms with Crippen LogP contribution in [0.1, 0.15) is 30.5 Å². The summed E-state index contributed by atoms with van der Waals surface area (Å²) in [7, 11) is 0. The molecule has 0 radical (unpaired) electrons. The topological polar surface area (TPSA) is 98.8 Å². The summed E-state index contributed by atoms with van der Waals surface area (Å²) in [6, 6.07) is 8.15. The highest BCUT2D eigenvalue weighted by Gasteiger charge is 2.27. The van der Waals surface area contributed by atoms with E-state index >= 15 is 0 Å². The molecule has 9 heteroatoms. The van der Waals surface area contributed by atoms with Crippen LogP contribution in [0.2, 0.25) is 0 Å². The van der Waals surface area contributed by atoms with Gasteiger partial charge in [-0.05, 0) is 31.5 Å². The van der Waals surface area contributed by atoms with Gasteiger partial charge >= 0.3 is 0 Å². The molecule has 0 spiro atoms. The third kappa shape index (κ3) is 3.55. The lowest BCUT2D eigenvalue weighted by Crippen LogP contribution is -2.17. The van der Waals surface area contributed by atoms with Gasteiger partial charge in [0.05, 0.1) is 17.7 Å². The van der Waals surface area contributed by atoms with Crippen molar-refractivity contribution in [1.82, 2.24) is 24.6 Å². The Morgan fingerprint density at radius 1 is 1.12 bits per heavy atom. The van der Waals surface area contributed by atoms with Crippen LogP contribution in [0.15, 0.2) is 54.2 Å². The fourth-order valence-corrected chi connectivity index (χ4v) is 4.22. The van der Waals surface area contributed by atoms with Gasteiger partial charge < -0.3 is 14.8 Å². The van der Waals surface area contributed by atoms with E-state index in [2.05, 4.69) is 36.5 Å². The SMILES string of the molecule is CC1(C)COC(c2cncc(-c3cnc(NCc4cccc5c4CCO5)n4cnnc34)c2)=N1. The van der Waals surface area contributed by atoms with Crippen LogP contribution in [0.25, 0.3) is 16.8 Å². The first-order valence-electron chi connectivity index (χ1n) is 10.9. The summed E-state index contributed by atoms with van der Waals surface area (Å²) < 4.78 is 13.3. The molecule has 0 amide bonds. The number of hydrogen-bond acceptors (Lipinski definition) is 8. The Balaban J connectivity index is 1.31. The van der Waals surface area contributed by atoms with Crippen LogP contribution >= 0.6 is 0 Å². The van der Waals surface area contributed by atoms with Crippen LogP contribution in [-0.4, -0.2) is 49.2 Å². The fourth-order valence-electron chi connectivity index (χ4n) is 4.22. The first-order valence-corrected chi connectivity index (χ1v) is 10.9. The largest absolute Gasteiger partial charge is 0.493 e. The van der Waals surface area contributed by atoms with E-state index in [1.807, 2.05) is 36.4 Å². The van der Waals surface area contributed by atoms with Crippen LogP contribution in [0.3, 0.4) is 0 Å². The van der Waals surface area contributed by atoms with E-state index in [0.29, 0.717) is 30.6 Å². The molecular weight excluding hydrogens is 418 g/mol. The molecule has 2 aliphatic heterocycles. The third-order valence-corrected chi connectivity index (χ3v) is 5.87. The molecule has 33 heavy (non-hydrogen) atoms. The van der Waals surface area contributed by atoms with E-state index in [-0.39, 0.29) is 5.54 Å². The summed E-state index contributed by atoms with van der Waals surface area (Å²) in [5.74, 6) is 2.25. The molecule has 0 saturated carbocycles. The molecule has 3 aromatic heterocycles. The number of ether oxygens (including phenoxy) is 2. The van der Waals surface area contributed by atoms with Crippen LogP contribution in [0, 0.1) is 0 Å². The molecule has 9 nitrogen and oxygen atoms in total. The average molecular weight is 441 g/mol. The van der Waals surface area contributed by atoms with Gasteiger partial charge in [0.25, 0.3) is 0 Å². The van der Waals surface area contributed by atoms with E-state index in [1.54, 1.807) is 24.9 Å². The Hall–Kier alpha value is -4.01. The molecule has 0 bridgehead atoms. The molecule has 1 aromatic carbocycles. The van der Waals surface area contributed by atoms with Crippen molar-refractivity contribution in [3.63, 3.8) is 0 Å². The minimum absolute atomic E-state index is 0.231. The van der Waals surface area contributed by atoms with Crippen LogP contribution < -0.4 is 10.1 Å². The summed E-state index contributed by atoms with van der Waals surface area (Å²) in [5, 5.41) is 11.9. The van der Waals surface area contributed by atoms with Crippen molar-refractivity contribution < 1.29 is 9.47 Å². The number of rotatable bonds is 5. The number of aliphatic imine (C=N–C) groups is 1. The van der Waals surface area contributed by atoms with Gasteiger partial charge in [-0.2, -0.15) is 0 Å². The monoisotopic (exact) mass is 441 g/mol. The van der Waals surface area contributed by atoms with Crippen LogP contribution in [-0.2, 0) is 17.7 Å². The molecule has 1 N–H and O–H groups in total.